The monoisotopic (exact) mass is 657 g/mol. The summed E-state index contributed by atoms with van der Waals surface area (Å²) >= 11 is 0. The number of methoxy groups -OCH3 is 1. The van der Waals surface area contributed by atoms with Gasteiger partial charge in [0.25, 0.3) is 8.32 Å². The molecule has 0 saturated carbocycles. The highest BCUT2D eigenvalue weighted by molar-refractivity contribution is 6.99. The Hall–Kier alpha value is -3.50. The number of para-hydroxylation sites is 1. The first kappa shape index (κ1) is 34.8. The van der Waals surface area contributed by atoms with Crippen LogP contribution in [0.1, 0.15) is 59.6 Å². The van der Waals surface area contributed by atoms with E-state index in [-0.39, 0.29) is 34.9 Å². The summed E-state index contributed by atoms with van der Waals surface area (Å²) in [5.74, 6) is 0.0809. The van der Waals surface area contributed by atoms with E-state index in [4.69, 9.17) is 13.9 Å². The molecular formula is C38H51N3O5Si. The number of amides is 1. The van der Waals surface area contributed by atoms with E-state index >= 15 is 0 Å². The van der Waals surface area contributed by atoms with Crippen molar-refractivity contribution in [2.24, 2.45) is 5.92 Å². The number of hydrogen-bond acceptors (Lipinski definition) is 7. The van der Waals surface area contributed by atoms with Crippen LogP contribution in [0.15, 0.2) is 84.9 Å². The fourth-order valence-electron chi connectivity index (χ4n) is 7.49. The van der Waals surface area contributed by atoms with Crippen molar-refractivity contribution < 1.29 is 23.5 Å². The van der Waals surface area contributed by atoms with E-state index in [0.29, 0.717) is 24.5 Å². The summed E-state index contributed by atoms with van der Waals surface area (Å²) in [5, 5.41) is 8.87. The Morgan fingerprint density at radius 2 is 1.51 bits per heavy atom. The van der Waals surface area contributed by atoms with Crippen molar-refractivity contribution in [3.05, 3.63) is 90.5 Å². The minimum Gasteiger partial charge on any atom is -0.496 e. The zero-order valence-corrected chi connectivity index (χ0v) is 30.1. The molecule has 0 spiro atoms. The molecule has 0 radical (unpaired) electrons. The van der Waals surface area contributed by atoms with E-state index in [2.05, 4.69) is 104 Å². The van der Waals surface area contributed by atoms with Gasteiger partial charge in [-0.3, -0.25) is 19.8 Å². The molecule has 9 heteroatoms. The number of hydrogen-bond donors (Lipinski definition) is 2. The van der Waals surface area contributed by atoms with Crippen LogP contribution >= 0.6 is 0 Å². The minimum atomic E-state index is -2.75. The average molecular weight is 658 g/mol. The quantitative estimate of drug-likeness (QED) is 0.247. The molecule has 0 aromatic heterocycles. The van der Waals surface area contributed by atoms with Crippen molar-refractivity contribution in [1.29, 1.82) is 0 Å². The van der Waals surface area contributed by atoms with Crippen LogP contribution in [0.4, 0.5) is 0 Å². The van der Waals surface area contributed by atoms with E-state index in [0.717, 1.165) is 6.42 Å². The summed E-state index contributed by atoms with van der Waals surface area (Å²) in [4.78, 5) is 29.6. The van der Waals surface area contributed by atoms with Gasteiger partial charge in [0, 0.05) is 29.1 Å². The van der Waals surface area contributed by atoms with E-state index in [9.17, 15) is 9.59 Å². The lowest BCUT2D eigenvalue weighted by Gasteiger charge is -2.44. The fourth-order valence-corrected chi connectivity index (χ4v) is 12.1. The van der Waals surface area contributed by atoms with Gasteiger partial charge in [0.1, 0.15) is 17.8 Å². The summed E-state index contributed by atoms with van der Waals surface area (Å²) < 4.78 is 18.8. The highest BCUT2D eigenvalue weighted by atomic mass is 28.4. The number of likely N-dealkylation sites (tertiary alicyclic amines) is 1. The molecule has 3 aromatic carbocycles. The lowest BCUT2D eigenvalue weighted by atomic mass is 9.90. The molecule has 0 unspecified atom stereocenters. The number of carbonyl (C=O) groups excluding carboxylic acids is 2. The number of benzene rings is 3. The molecule has 2 heterocycles. The van der Waals surface area contributed by atoms with Crippen LogP contribution in [0, 0.1) is 5.92 Å². The summed E-state index contributed by atoms with van der Waals surface area (Å²) in [6, 6.07) is 27.1. The Morgan fingerprint density at radius 3 is 2.06 bits per heavy atom. The van der Waals surface area contributed by atoms with Crippen molar-refractivity contribution in [2.75, 3.05) is 27.4 Å². The number of ether oxygens (including phenoxy) is 2. The largest absolute Gasteiger partial charge is 0.496 e. The zero-order valence-electron chi connectivity index (χ0n) is 29.1. The third kappa shape index (κ3) is 7.18. The molecule has 2 aliphatic rings. The summed E-state index contributed by atoms with van der Waals surface area (Å²) in [5.41, 5.74) is 0.196. The molecule has 1 amide bonds. The molecule has 8 nitrogen and oxygen atoms in total. The normalized spacial score (nSPS) is 22.7. The number of carbonyl (C=O) groups is 2. The lowest BCUT2D eigenvalue weighted by molar-refractivity contribution is -0.156. The highest BCUT2D eigenvalue weighted by Gasteiger charge is 2.54. The molecule has 252 valence electrons. The van der Waals surface area contributed by atoms with Crippen molar-refractivity contribution in [1.82, 2.24) is 15.5 Å². The van der Waals surface area contributed by atoms with Gasteiger partial charge in [-0.1, -0.05) is 99.6 Å². The smallest absolute Gasteiger partial charge is 0.324 e. The average Bonchev–Trinajstić information content (AvgIpc) is 3.35. The topological polar surface area (TPSA) is 89.1 Å². The van der Waals surface area contributed by atoms with Gasteiger partial charge >= 0.3 is 5.97 Å². The number of likely N-dealkylation sites (N-methyl/N-ethyl adjacent to an activating group) is 1. The number of nitrogens with one attached hydrogen (secondary N) is 2. The third-order valence-electron chi connectivity index (χ3n) is 9.60. The van der Waals surface area contributed by atoms with E-state index in [1.165, 1.54) is 10.4 Å². The number of rotatable bonds is 10. The molecule has 2 fully saturated rings. The summed E-state index contributed by atoms with van der Waals surface area (Å²) in [6.07, 6.45) is 0.818. The first-order valence-electron chi connectivity index (χ1n) is 16.6. The van der Waals surface area contributed by atoms with Crippen LogP contribution in [-0.4, -0.2) is 76.1 Å². The number of esters is 1. The van der Waals surface area contributed by atoms with Gasteiger partial charge in [-0.15, -0.1) is 0 Å². The fraction of sp³-hybridized carbons (Fsp3) is 0.474. The molecule has 5 rings (SSSR count). The molecular weight excluding hydrogens is 607 g/mol. The van der Waals surface area contributed by atoms with Gasteiger partial charge in [0.05, 0.1) is 20.3 Å². The summed E-state index contributed by atoms with van der Waals surface area (Å²) in [6.45, 7) is 13.5. The Balaban J connectivity index is 1.45. The molecule has 2 N–H and O–H groups in total. The van der Waals surface area contributed by atoms with Crippen LogP contribution in [0.25, 0.3) is 0 Å². The van der Waals surface area contributed by atoms with E-state index < -0.39 is 25.9 Å². The van der Waals surface area contributed by atoms with Crippen LogP contribution in [-0.2, 0) is 18.8 Å². The van der Waals surface area contributed by atoms with Gasteiger partial charge in [0.2, 0.25) is 5.91 Å². The maximum atomic E-state index is 13.8. The second-order valence-corrected chi connectivity index (χ2v) is 19.3. The minimum absolute atomic E-state index is 0.0542. The molecule has 2 aliphatic heterocycles. The Kier molecular flexibility index (Phi) is 10.3. The van der Waals surface area contributed by atoms with Crippen molar-refractivity contribution >= 4 is 30.6 Å². The van der Waals surface area contributed by atoms with Crippen LogP contribution in [0.5, 0.6) is 5.75 Å². The van der Waals surface area contributed by atoms with Crippen LogP contribution < -0.4 is 25.7 Å². The van der Waals surface area contributed by atoms with E-state index in [1.54, 1.807) is 7.11 Å². The SMILES string of the molecule is COc1ccccc1[C@@H](N[C@@H]1C(=O)OC[C@H]2C[C@@H](CO[Si](c3ccccc3)(c3ccccc3)C(C)(C)C)N(C)[C@H]21)C(=O)NC(C)(C)C. The molecule has 2 saturated heterocycles. The van der Waals surface area contributed by atoms with Gasteiger partial charge in [-0.05, 0) is 55.7 Å². The second kappa shape index (κ2) is 13.9. The highest BCUT2D eigenvalue weighted by Crippen LogP contribution is 2.40. The Morgan fingerprint density at radius 1 is 0.936 bits per heavy atom. The molecule has 0 bridgehead atoms. The Labute approximate surface area is 281 Å². The van der Waals surface area contributed by atoms with Gasteiger partial charge in [-0.2, -0.15) is 0 Å². The van der Waals surface area contributed by atoms with Gasteiger partial charge < -0.3 is 19.2 Å². The predicted octanol–water partition coefficient (Wildman–Crippen LogP) is 4.43. The maximum Gasteiger partial charge on any atom is 0.324 e. The van der Waals surface area contributed by atoms with Gasteiger partial charge in [0.15, 0.2) is 0 Å². The Bertz CT molecular complexity index is 1480. The molecule has 3 aromatic rings. The van der Waals surface area contributed by atoms with Crippen LogP contribution in [0.3, 0.4) is 0 Å². The van der Waals surface area contributed by atoms with Crippen molar-refractivity contribution in [3.8, 4) is 5.75 Å². The maximum absolute atomic E-state index is 13.8. The van der Waals surface area contributed by atoms with Gasteiger partial charge in [-0.25, -0.2) is 0 Å². The number of fused-ring (bicyclic) bond motifs is 1. The summed E-state index contributed by atoms with van der Waals surface area (Å²) in [7, 11) is 0.909. The predicted molar refractivity (Wildman–Crippen MR) is 189 cm³/mol. The number of cyclic esters (lactones) is 1. The van der Waals surface area contributed by atoms with Crippen LogP contribution in [0.2, 0.25) is 5.04 Å². The second-order valence-electron chi connectivity index (χ2n) is 15.0. The number of nitrogens with zero attached hydrogens (tertiary/aromatic N) is 1. The lowest BCUT2D eigenvalue weighted by Crippen LogP contribution is -2.67. The first-order valence-corrected chi connectivity index (χ1v) is 18.5. The first-order chi connectivity index (χ1) is 22.3. The molecule has 0 aliphatic carbocycles. The molecule has 5 atom stereocenters. The zero-order chi connectivity index (χ0) is 34.0. The van der Waals surface area contributed by atoms with Crippen molar-refractivity contribution in [2.45, 2.75) is 82.7 Å². The van der Waals surface area contributed by atoms with E-state index in [1.807, 2.05) is 45.0 Å². The molecule has 47 heavy (non-hydrogen) atoms. The third-order valence-corrected chi connectivity index (χ3v) is 14.6. The van der Waals surface area contributed by atoms with Crippen molar-refractivity contribution in [3.63, 3.8) is 0 Å². The standard InChI is InChI=1S/C38H51N3O5Si/c1-37(2,3)40-35(42)32(30-21-15-16-22-31(30)44-8)39-33-34-26(24-45-36(33)43)23-27(41(34)7)25-46-47(38(4,5)6,28-17-11-9-12-18-28)29-19-13-10-14-20-29/h9-22,26-27,32-34,39H,23-25H2,1-8H3,(H,40,42)/t26-,27+,32-,33+,34-/m1/s1.